The molecule has 0 saturated heterocycles. The van der Waals surface area contributed by atoms with Crippen LogP contribution in [0.1, 0.15) is 6.92 Å². The first kappa shape index (κ1) is 20.9. The van der Waals surface area contributed by atoms with E-state index in [1.54, 1.807) is 36.4 Å². The standard InChI is InChI=1S/C24H19FN4O3S/c1-2-32-20-10-6-5-9-19(20)29-23(26)22(33(30,31)16-13-11-15(25)12-14-16)21-24(29)28-18-8-4-3-7-17(18)27-21/h3-14H,2,26H2,1H3. The maximum atomic E-state index is 13.7. The third-order valence-corrected chi connectivity index (χ3v) is 7.08. The quantitative estimate of drug-likeness (QED) is 0.385. The summed E-state index contributed by atoms with van der Waals surface area (Å²) in [6.45, 7) is 2.26. The predicted molar refractivity (Wildman–Crippen MR) is 124 cm³/mol. The summed E-state index contributed by atoms with van der Waals surface area (Å²) in [5, 5.41) is 0. The number of anilines is 1. The molecule has 3 aromatic carbocycles. The van der Waals surface area contributed by atoms with Gasteiger partial charge in [-0.25, -0.2) is 22.8 Å². The van der Waals surface area contributed by atoms with Crippen LogP contribution in [0.3, 0.4) is 0 Å². The Morgan fingerprint density at radius 2 is 1.58 bits per heavy atom. The number of hydrogen-bond acceptors (Lipinski definition) is 6. The zero-order valence-electron chi connectivity index (χ0n) is 17.6. The molecule has 5 aromatic rings. The van der Waals surface area contributed by atoms with E-state index in [0.717, 1.165) is 12.1 Å². The van der Waals surface area contributed by atoms with Crippen LogP contribution in [0, 0.1) is 5.82 Å². The van der Waals surface area contributed by atoms with Crippen molar-refractivity contribution in [2.45, 2.75) is 16.7 Å². The maximum absolute atomic E-state index is 13.7. The van der Waals surface area contributed by atoms with Gasteiger partial charge in [-0.3, -0.25) is 4.57 Å². The van der Waals surface area contributed by atoms with E-state index in [1.165, 1.54) is 16.7 Å². The van der Waals surface area contributed by atoms with Crippen molar-refractivity contribution >= 4 is 37.9 Å². The third-order valence-electron chi connectivity index (χ3n) is 5.25. The van der Waals surface area contributed by atoms with Crippen LogP contribution in [0.2, 0.25) is 0 Å². The molecule has 7 nitrogen and oxygen atoms in total. The molecule has 0 amide bonds. The van der Waals surface area contributed by atoms with E-state index >= 15 is 0 Å². The molecule has 166 valence electrons. The molecule has 5 rings (SSSR count). The molecule has 0 bridgehead atoms. The fourth-order valence-corrected chi connectivity index (χ4v) is 5.28. The van der Waals surface area contributed by atoms with Crippen molar-refractivity contribution in [2.24, 2.45) is 0 Å². The number of nitrogen functional groups attached to an aromatic ring is 1. The summed E-state index contributed by atoms with van der Waals surface area (Å²) >= 11 is 0. The van der Waals surface area contributed by atoms with Crippen molar-refractivity contribution in [3.63, 3.8) is 0 Å². The number of fused-ring (bicyclic) bond motifs is 2. The highest BCUT2D eigenvalue weighted by atomic mass is 32.2. The van der Waals surface area contributed by atoms with Gasteiger partial charge in [0.2, 0.25) is 9.84 Å². The number of nitrogens with zero attached hydrogens (tertiary/aromatic N) is 3. The minimum atomic E-state index is -4.15. The van der Waals surface area contributed by atoms with Gasteiger partial charge < -0.3 is 10.5 Å². The van der Waals surface area contributed by atoms with E-state index in [9.17, 15) is 12.8 Å². The highest BCUT2D eigenvalue weighted by Crippen LogP contribution is 2.39. The summed E-state index contributed by atoms with van der Waals surface area (Å²) in [4.78, 5) is 9.03. The molecule has 9 heteroatoms. The van der Waals surface area contributed by atoms with Gasteiger partial charge in [0, 0.05) is 0 Å². The first-order valence-electron chi connectivity index (χ1n) is 10.2. The molecular weight excluding hydrogens is 443 g/mol. The number of sulfone groups is 1. The van der Waals surface area contributed by atoms with E-state index in [0.29, 0.717) is 29.1 Å². The van der Waals surface area contributed by atoms with Crippen molar-refractivity contribution in [3.8, 4) is 11.4 Å². The third kappa shape index (κ3) is 3.37. The van der Waals surface area contributed by atoms with Gasteiger partial charge in [0.25, 0.3) is 0 Å². The SMILES string of the molecule is CCOc1ccccc1-n1c(N)c(S(=O)(=O)c2ccc(F)cc2)c2nc3ccccc3nc21. The second-order valence-electron chi connectivity index (χ2n) is 7.29. The number of para-hydroxylation sites is 4. The summed E-state index contributed by atoms with van der Waals surface area (Å²) in [5.41, 5.74) is 8.55. The number of benzene rings is 3. The fraction of sp³-hybridized carbons (Fsp3) is 0.0833. The van der Waals surface area contributed by atoms with Gasteiger partial charge in [0.1, 0.15) is 27.8 Å². The molecule has 0 unspecified atom stereocenters. The van der Waals surface area contributed by atoms with Crippen LogP contribution in [0.4, 0.5) is 10.2 Å². The molecule has 0 radical (unpaired) electrons. The van der Waals surface area contributed by atoms with Crippen molar-refractivity contribution < 1.29 is 17.5 Å². The lowest BCUT2D eigenvalue weighted by molar-refractivity contribution is 0.339. The van der Waals surface area contributed by atoms with Crippen LogP contribution in [0.15, 0.2) is 82.6 Å². The first-order valence-corrected chi connectivity index (χ1v) is 11.7. The number of rotatable bonds is 5. The van der Waals surface area contributed by atoms with Gasteiger partial charge in [0.15, 0.2) is 5.65 Å². The number of aromatic nitrogens is 3. The molecule has 2 aromatic heterocycles. The molecule has 33 heavy (non-hydrogen) atoms. The molecular formula is C24H19FN4O3S. The normalized spacial score (nSPS) is 11.8. The molecule has 0 aliphatic heterocycles. The van der Waals surface area contributed by atoms with Gasteiger partial charge in [-0.05, 0) is 55.5 Å². The monoisotopic (exact) mass is 462 g/mol. The Morgan fingerprint density at radius 3 is 2.27 bits per heavy atom. The number of ether oxygens (including phenoxy) is 1. The summed E-state index contributed by atoms with van der Waals surface area (Å²) in [6, 6.07) is 18.9. The average molecular weight is 463 g/mol. The molecule has 0 aliphatic carbocycles. The fourth-order valence-electron chi connectivity index (χ4n) is 3.80. The van der Waals surface area contributed by atoms with E-state index in [4.69, 9.17) is 15.5 Å². The molecule has 0 fully saturated rings. The van der Waals surface area contributed by atoms with Crippen molar-refractivity contribution in [2.75, 3.05) is 12.3 Å². The van der Waals surface area contributed by atoms with Crippen molar-refractivity contribution in [3.05, 3.63) is 78.6 Å². The minimum Gasteiger partial charge on any atom is -0.492 e. The maximum Gasteiger partial charge on any atom is 0.212 e. The Balaban J connectivity index is 1.90. The first-order chi connectivity index (χ1) is 15.9. The smallest absolute Gasteiger partial charge is 0.212 e. The van der Waals surface area contributed by atoms with Crippen LogP contribution < -0.4 is 10.5 Å². The Kier molecular flexibility index (Phi) is 4.98. The summed E-state index contributed by atoms with van der Waals surface area (Å²) in [6.07, 6.45) is 0. The zero-order valence-corrected chi connectivity index (χ0v) is 18.4. The van der Waals surface area contributed by atoms with E-state index in [2.05, 4.69) is 4.98 Å². The van der Waals surface area contributed by atoms with Gasteiger partial charge in [0.05, 0.1) is 28.2 Å². The summed E-state index contributed by atoms with van der Waals surface area (Å²) in [7, 11) is -4.15. The van der Waals surface area contributed by atoms with E-state index < -0.39 is 15.7 Å². The van der Waals surface area contributed by atoms with Gasteiger partial charge in [-0.2, -0.15) is 0 Å². The Hall–Kier alpha value is -3.98. The lowest BCUT2D eigenvalue weighted by atomic mass is 10.3. The van der Waals surface area contributed by atoms with Gasteiger partial charge >= 0.3 is 0 Å². The predicted octanol–water partition coefficient (Wildman–Crippen LogP) is 4.53. The summed E-state index contributed by atoms with van der Waals surface area (Å²) in [5.74, 6) is -0.0816. The van der Waals surface area contributed by atoms with Gasteiger partial charge in [-0.1, -0.05) is 24.3 Å². The van der Waals surface area contributed by atoms with E-state index in [1.807, 2.05) is 19.1 Å². The second kappa shape index (κ2) is 7.86. The minimum absolute atomic E-state index is 0.0585. The van der Waals surface area contributed by atoms with Crippen LogP contribution in [0.5, 0.6) is 5.75 Å². The second-order valence-corrected chi connectivity index (χ2v) is 9.18. The largest absolute Gasteiger partial charge is 0.492 e. The number of halogens is 1. The van der Waals surface area contributed by atoms with Crippen LogP contribution in [-0.4, -0.2) is 29.6 Å². The molecule has 0 spiro atoms. The molecule has 0 aliphatic rings. The van der Waals surface area contributed by atoms with Crippen molar-refractivity contribution in [1.82, 2.24) is 14.5 Å². The Morgan fingerprint density at radius 1 is 0.939 bits per heavy atom. The van der Waals surface area contributed by atoms with Crippen LogP contribution >= 0.6 is 0 Å². The van der Waals surface area contributed by atoms with Crippen LogP contribution in [-0.2, 0) is 9.84 Å². The molecule has 2 heterocycles. The lowest BCUT2D eigenvalue weighted by Gasteiger charge is -2.13. The van der Waals surface area contributed by atoms with Crippen molar-refractivity contribution in [1.29, 1.82) is 0 Å². The topological polar surface area (TPSA) is 100 Å². The summed E-state index contributed by atoms with van der Waals surface area (Å²) < 4.78 is 48.1. The Labute approximate surface area is 189 Å². The highest BCUT2D eigenvalue weighted by Gasteiger charge is 2.31. The molecule has 0 atom stereocenters. The highest BCUT2D eigenvalue weighted by molar-refractivity contribution is 7.92. The number of hydrogen-bond donors (Lipinski definition) is 1. The average Bonchev–Trinajstić information content (AvgIpc) is 3.09. The van der Waals surface area contributed by atoms with Gasteiger partial charge in [-0.15, -0.1) is 0 Å². The lowest BCUT2D eigenvalue weighted by Crippen LogP contribution is -2.08. The number of nitrogens with two attached hydrogens (primary N) is 1. The molecule has 0 saturated carbocycles. The molecule has 2 N–H and O–H groups in total. The van der Waals surface area contributed by atoms with Crippen LogP contribution in [0.25, 0.3) is 27.9 Å². The Bertz CT molecular complexity index is 1610. The van der Waals surface area contributed by atoms with E-state index in [-0.39, 0.29) is 26.8 Å². The zero-order chi connectivity index (χ0) is 23.2.